The third kappa shape index (κ3) is 5.47. The van der Waals surface area contributed by atoms with Crippen molar-refractivity contribution in [1.82, 2.24) is 5.32 Å². The van der Waals surface area contributed by atoms with Crippen molar-refractivity contribution >= 4 is 16.9 Å². The standard InChI is InChI=1S/C20H21NO6/c22-15(13-26-16-4-2-1-3-5-16)12-21-8-9-25-17-6-7-18-14(10-17)11-19(27-18)20(23)24/h1-7,10-11,15,21-22H,8-9,12-13H2,(H,23,24). The van der Waals surface area contributed by atoms with Gasteiger partial charge in [-0.15, -0.1) is 0 Å². The van der Waals surface area contributed by atoms with Gasteiger partial charge in [-0.1, -0.05) is 18.2 Å². The molecular formula is C20H21NO6. The Morgan fingerprint density at radius 3 is 2.67 bits per heavy atom. The number of hydrogen-bond acceptors (Lipinski definition) is 6. The van der Waals surface area contributed by atoms with Crippen molar-refractivity contribution in [2.24, 2.45) is 0 Å². The highest BCUT2D eigenvalue weighted by Crippen LogP contribution is 2.24. The molecule has 1 atom stereocenters. The maximum atomic E-state index is 10.9. The average molecular weight is 371 g/mol. The van der Waals surface area contributed by atoms with Crippen LogP contribution in [0.2, 0.25) is 0 Å². The number of ether oxygens (including phenoxy) is 2. The molecule has 0 aliphatic rings. The number of aromatic carboxylic acids is 1. The van der Waals surface area contributed by atoms with E-state index in [0.29, 0.717) is 36.4 Å². The van der Waals surface area contributed by atoms with Crippen LogP contribution in [0.5, 0.6) is 11.5 Å². The fourth-order valence-corrected chi connectivity index (χ4v) is 2.49. The van der Waals surface area contributed by atoms with Crippen molar-refractivity contribution in [2.45, 2.75) is 6.10 Å². The van der Waals surface area contributed by atoms with Crippen LogP contribution in [0.4, 0.5) is 0 Å². The van der Waals surface area contributed by atoms with Crippen LogP contribution in [0.3, 0.4) is 0 Å². The molecule has 0 aliphatic heterocycles. The molecule has 2 aromatic carbocycles. The Kier molecular flexibility index (Phi) is 6.30. The molecule has 1 unspecified atom stereocenters. The number of carbonyl (C=O) groups is 1. The zero-order chi connectivity index (χ0) is 19.1. The molecule has 7 heteroatoms. The molecule has 27 heavy (non-hydrogen) atoms. The summed E-state index contributed by atoms with van der Waals surface area (Å²) in [6, 6.07) is 15.9. The quantitative estimate of drug-likeness (QED) is 0.471. The van der Waals surface area contributed by atoms with Gasteiger partial charge >= 0.3 is 5.97 Å². The first kappa shape index (κ1) is 18.8. The minimum absolute atomic E-state index is 0.101. The number of hydrogen-bond donors (Lipinski definition) is 3. The number of nitrogens with one attached hydrogen (secondary N) is 1. The Bertz CT molecular complexity index is 877. The lowest BCUT2D eigenvalue weighted by Gasteiger charge is -2.13. The van der Waals surface area contributed by atoms with E-state index in [0.717, 1.165) is 5.75 Å². The molecule has 142 valence electrons. The van der Waals surface area contributed by atoms with Gasteiger partial charge in [0.25, 0.3) is 0 Å². The van der Waals surface area contributed by atoms with Crippen molar-refractivity contribution in [3.8, 4) is 11.5 Å². The van der Waals surface area contributed by atoms with Crippen LogP contribution in [0.25, 0.3) is 11.0 Å². The molecule has 1 heterocycles. The molecule has 0 fully saturated rings. The molecule has 0 bridgehead atoms. The predicted molar refractivity (Wildman–Crippen MR) is 99.5 cm³/mol. The molecule has 0 saturated carbocycles. The number of rotatable bonds is 10. The molecule has 3 aromatic rings. The topological polar surface area (TPSA) is 101 Å². The van der Waals surface area contributed by atoms with Crippen molar-refractivity contribution in [3.63, 3.8) is 0 Å². The van der Waals surface area contributed by atoms with Gasteiger partial charge in [-0.3, -0.25) is 0 Å². The fourth-order valence-electron chi connectivity index (χ4n) is 2.49. The summed E-state index contributed by atoms with van der Waals surface area (Å²) < 4.78 is 16.3. The predicted octanol–water partition coefficient (Wildman–Crippen LogP) is 2.54. The number of carboxylic acids is 1. The van der Waals surface area contributed by atoms with Gasteiger partial charge in [0, 0.05) is 18.5 Å². The van der Waals surface area contributed by atoms with Crippen LogP contribution in [0, 0.1) is 0 Å². The lowest BCUT2D eigenvalue weighted by Crippen LogP contribution is -2.33. The van der Waals surface area contributed by atoms with Gasteiger partial charge in [-0.05, 0) is 36.4 Å². The molecule has 0 radical (unpaired) electrons. The van der Waals surface area contributed by atoms with Crippen molar-refractivity contribution in [1.29, 1.82) is 0 Å². The summed E-state index contributed by atoms with van der Waals surface area (Å²) in [7, 11) is 0. The van der Waals surface area contributed by atoms with Crippen LogP contribution in [0.1, 0.15) is 10.6 Å². The largest absolute Gasteiger partial charge is 0.492 e. The highest BCUT2D eigenvalue weighted by molar-refractivity contribution is 5.91. The van der Waals surface area contributed by atoms with Crippen LogP contribution in [0.15, 0.2) is 59.0 Å². The van der Waals surface area contributed by atoms with Gasteiger partial charge in [0.2, 0.25) is 5.76 Å². The second-order valence-electron chi connectivity index (χ2n) is 5.95. The molecule has 3 rings (SSSR count). The third-order valence-corrected chi connectivity index (χ3v) is 3.81. The van der Waals surface area contributed by atoms with Gasteiger partial charge in [0.05, 0.1) is 0 Å². The first-order valence-electron chi connectivity index (χ1n) is 8.58. The minimum Gasteiger partial charge on any atom is -0.492 e. The van der Waals surface area contributed by atoms with Gasteiger partial charge in [-0.25, -0.2) is 4.79 Å². The highest BCUT2D eigenvalue weighted by Gasteiger charge is 2.11. The Labute approximate surface area is 156 Å². The van der Waals surface area contributed by atoms with Crippen LogP contribution in [-0.4, -0.2) is 48.6 Å². The Balaban J connectivity index is 1.36. The number of benzene rings is 2. The number of carboxylic acid groups (broad SMARTS) is 1. The van der Waals surface area contributed by atoms with E-state index in [1.807, 2.05) is 30.3 Å². The highest BCUT2D eigenvalue weighted by atomic mass is 16.5. The number of aliphatic hydroxyl groups excluding tert-OH is 1. The SMILES string of the molecule is O=C(O)c1cc2cc(OCCNCC(O)COc3ccccc3)ccc2o1. The summed E-state index contributed by atoms with van der Waals surface area (Å²) >= 11 is 0. The molecular weight excluding hydrogens is 350 g/mol. The van der Waals surface area contributed by atoms with E-state index in [-0.39, 0.29) is 12.4 Å². The van der Waals surface area contributed by atoms with Gasteiger partial charge in [-0.2, -0.15) is 0 Å². The van der Waals surface area contributed by atoms with Crippen molar-refractivity contribution in [2.75, 3.05) is 26.3 Å². The maximum Gasteiger partial charge on any atom is 0.371 e. The Hall–Kier alpha value is -3.03. The number of fused-ring (bicyclic) bond motifs is 1. The van der Waals surface area contributed by atoms with E-state index in [1.54, 1.807) is 18.2 Å². The van der Waals surface area contributed by atoms with Gasteiger partial charge in [0.15, 0.2) is 0 Å². The first-order valence-corrected chi connectivity index (χ1v) is 8.58. The smallest absolute Gasteiger partial charge is 0.371 e. The maximum absolute atomic E-state index is 10.9. The average Bonchev–Trinajstić information content (AvgIpc) is 3.11. The lowest BCUT2D eigenvalue weighted by molar-refractivity contribution is 0.0665. The van der Waals surface area contributed by atoms with E-state index < -0.39 is 12.1 Å². The summed E-state index contributed by atoms with van der Waals surface area (Å²) in [6.07, 6.45) is -0.623. The van der Waals surface area contributed by atoms with Crippen molar-refractivity contribution < 1.29 is 28.9 Å². The fraction of sp³-hybridized carbons (Fsp3) is 0.250. The number of furan rings is 1. The monoisotopic (exact) mass is 371 g/mol. The van der Waals surface area contributed by atoms with Gasteiger partial charge in [0.1, 0.15) is 36.4 Å². The zero-order valence-corrected chi connectivity index (χ0v) is 14.6. The minimum atomic E-state index is -1.10. The Morgan fingerprint density at radius 1 is 1.07 bits per heavy atom. The molecule has 0 spiro atoms. The van der Waals surface area contributed by atoms with Crippen molar-refractivity contribution in [3.05, 3.63) is 60.4 Å². The molecule has 3 N–H and O–H groups in total. The second-order valence-corrected chi connectivity index (χ2v) is 5.95. The third-order valence-electron chi connectivity index (χ3n) is 3.81. The summed E-state index contributed by atoms with van der Waals surface area (Å²) in [5.74, 6) is 0.138. The van der Waals surface area contributed by atoms with E-state index in [2.05, 4.69) is 5.32 Å². The van der Waals surface area contributed by atoms with Crippen LogP contribution < -0.4 is 14.8 Å². The first-order chi connectivity index (χ1) is 13.1. The number of aliphatic hydroxyl groups is 1. The van der Waals surface area contributed by atoms with E-state index in [1.165, 1.54) is 6.07 Å². The second kappa shape index (κ2) is 9.07. The summed E-state index contributed by atoms with van der Waals surface area (Å²) in [6.45, 7) is 1.55. The van der Waals surface area contributed by atoms with Crippen LogP contribution in [-0.2, 0) is 0 Å². The molecule has 7 nitrogen and oxygen atoms in total. The van der Waals surface area contributed by atoms with E-state index in [9.17, 15) is 9.90 Å². The molecule has 0 aliphatic carbocycles. The lowest BCUT2D eigenvalue weighted by atomic mass is 10.2. The van der Waals surface area contributed by atoms with E-state index in [4.69, 9.17) is 19.0 Å². The molecule has 0 amide bonds. The summed E-state index contributed by atoms with van der Waals surface area (Å²) in [5.41, 5.74) is 0.499. The normalized spacial score (nSPS) is 12.0. The van der Waals surface area contributed by atoms with E-state index >= 15 is 0 Å². The summed E-state index contributed by atoms with van der Waals surface area (Å²) in [4.78, 5) is 10.9. The molecule has 0 saturated heterocycles. The zero-order valence-electron chi connectivity index (χ0n) is 14.6. The summed E-state index contributed by atoms with van der Waals surface area (Å²) in [5, 5.41) is 22.6. The number of para-hydroxylation sites is 1. The van der Waals surface area contributed by atoms with Crippen LogP contribution >= 0.6 is 0 Å². The molecule has 1 aromatic heterocycles. The van der Waals surface area contributed by atoms with Gasteiger partial charge < -0.3 is 29.4 Å². The Morgan fingerprint density at radius 2 is 1.89 bits per heavy atom.